The summed E-state index contributed by atoms with van der Waals surface area (Å²) in [5, 5.41) is 7.32. The van der Waals surface area contributed by atoms with Crippen LogP contribution in [0.1, 0.15) is 15.4 Å². The molecule has 3 aromatic rings. The second-order valence-electron chi connectivity index (χ2n) is 5.94. The summed E-state index contributed by atoms with van der Waals surface area (Å²) in [6.07, 6.45) is 0. The number of amides is 1. The maximum absolute atomic E-state index is 12.7. The molecule has 0 radical (unpaired) electrons. The number of sulfonamides is 1. The van der Waals surface area contributed by atoms with Crippen LogP contribution in [0.4, 0.5) is 0 Å². The van der Waals surface area contributed by atoms with E-state index in [1.807, 2.05) is 17.5 Å². The average molecular weight is 456 g/mol. The Kier molecular flexibility index (Phi) is 5.90. The number of thiophene rings is 2. The predicted molar refractivity (Wildman–Crippen MR) is 110 cm³/mol. The van der Waals surface area contributed by atoms with Gasteiger partial charge in [-0.15, -0.1) is 34.0 Å². The fourth-order valence-corrected chi connectivity index (χ4v) is 7.13. The molecule has 3 aromatic heterocycles. The van der Waals surface area contributed by atoms with Gasteiger partial charge in [-0.25, -0.2) is 13.4 Å². The molecule has 4 heterocycles. The van der Waals surface area contributed by atoms with Gasteiger partial charge in [0.2, 0.25) is 0 Å². The van der Waals surface area contributed by atoms with Crippen LogP contribution in [0.3, 0.4) is 0 Å². The molecule has 7 nitrogen and oxygen atoms in total. The number of carbonyl (C=O) groups excluding carboxylic acids is 1. The van der Waals surface area contributed by atoms with Crippen molar-refractivity contribution in [3.8, 4) is 9.88 Å². The number of nitrogens with one attached hydrogen (secondary N) is 1. The SMILES string of the molecule is O=C(NCc1ccc(S(=O)(=O)N2CCOCC2)s1)c1csc(-c2cccs2)n1. The van der Waals surface area contributed by atoms with Crippen LogP contribution in [0.5, 0.6) is 0 Å². The first kappa shape index (κ1) is 19.7. The molecule has 4 rings (SSSR count). The Morgan fingerprint density at radius 3 is 2.79 bits per heavy atom. The Hall–Kier alpha value is -1.63. The number of hydrogen-bond donors (Lipinski definition) is 1. The van der Waals surface area contributed by atoms with Crippen molar-refractivity contribution in [2.24, 2.45) is 0 Å². The minimum Gasteiger partial charge on any atom is -0.379 e. The molecule has 0 unspecified atom stereocenters. The van der Waals surface area contributed by atoms with E-state index in [9.17, 15) is 13.2 Å². The van der Waals surface area contributed by atoms with Crippen LogP contribution in [-0.2, 0) is 21.3 Å². The molecule has 0 aromatic carbocycles. The van der Waals surface area contributed by atoms with E-state index >= 15 is 0 Å². The highest BCUT2D eigenvalue weighted by molar-refractivity contribution is 7.91. The fraction of sp³-hybridized carbons (Fsp3) is 0.294. The van der Waals surface area contributed by atoms with Gasteiger partial charge in [0.15, 0.2) is 0 Å². The fourth-order valence-electron chi connectivity index (χ4n) is 2.66. The topological polar surface area (TPSA) is 88.6 Å². The van der Waals surface area contributed by atoms with Gasteiger partial charge in [-0.05, 0) is 23.6 Å². The zero-order valence-electron chi connectivity index (χ0n) is 14.7. The van der Waals surface area contributed by atoms with Gasteiger partial charge in [-0.3, -0.25) is 4.79 Å². The van der Waals surface area contributed by atoms with Gasteiger partial charge < -0.3 is 10.1 Å². The second kappa shape index (κ2) is 8.39. The average Bonchev–Trinajstić information content (AvgIpc) is 3.48. The van der Waals surface area contributed by atoms with Crippen molar-refractivity contribution in [2.75, 3.05) is 26.3 Å². The molecule has 148 valence electrons. The number of carbonyl (C=O) groups is 1. The first-order valence-electron chi connectivity index (χ1n) is 8.48. The number of hydrogen-bond acceptors (Lipinski definition) is 8. The molecule has 1 N–H and O–H groups in total. The van der Waals surface area contributed by atoms with Crippen LogP contribution >= 0.6 is 34.0 Å². The van der Waals surface area contributed by atoms with E-state index in [1.54, 1.807) is 28.8 Å². The maximum Gasteiger partial charge on any atom is 0.271 e. The molecular formula is C17H17N3O4S4. The number of thiazole rings is 1. The third kappa shape index (κ3) is 4.19. The molecule has 1 aliphatic rings. The van der Waals surface area contributed by atoms with Crippen molar-refractivity contribution in [3.63, 3.8) is 0 Å². The number of rotatable bonds is 6. The molecule has 1 aliphatic heterocycles. The summed E-state index contributed by atoms with van der Waals surface area (Å²) >= 11 is 4.18. The second-order valence-corrected chi connectivity index (χ2v) is 11.1. The molecule has 0 atom stereocenters. The summed E-state index contributed by atoms with van der Waals surface area (Å²) < 4.78 is 32.3. The van der Waals surface area contributed by atoms with Gasteiger partial charge in [-0.2, -0.15) is 4.31 Å². The van der Waals surface area contributed by atoms with E-state index in [-0.39, 0.29) is 16.7 Å². The highest BCUT2D eigenvalue weighted by atomic mass is 32.2. The lowest BCUT2D eigenvalue weighted by atomic mass is 10.4. The third-order valence-corrected chi connectivity index (χ3v) is 9.43. The van der Waals surface area contributed by atoms with Crippen LogP contribution in [0.2, 0.25) is 0 Å². The lowest BCUT2D eigenvalue weighted by molar-refractivity contribution is 0.0731. The molecule has 1 saturated heterocycles. The highest BCUT2D eigenvalue weighted by Gasteiger charge is 2.27. The van der Waals surface area contributed by atoms with E-state index in [4.69, 9.17) is 4.74 Å². The van der Waals surface area contributed by atoms with Crippen LogP contribution in [-0.4, -0.2) is 49.9 Å². The molecule has 0 bridgehead atoms. The molecule has 0 saturated carbocycles. The van der Waals surface area contributed by atoms with Gasteiger partial charge in [0, 0.05) is 23.3 Å². The summed E-state index contributed by atoms with van der Waals surface area (Å²) in [5.74, 6) is -0.273. The minimum absolute atomic E-state index is 0.258. The minimum atomic E-state index is -3.50. The molecule has 11 heteroatoms. The molecule has 1 amide bonds. The predicted octanol–water partition coefficient (Wildman–Crippen LogP) is 2.88. The van der Waals surface area contributed by atoms with Crippen LogP contribution in [0, 0.1) is 0 Å². The normalized spacial score (nSPS) is 15.6. The first-order chi connectivity index (χ1) is 13.5. The molecule has 1 fully saturated rings. The van der Waals surface area contributed by atoms with Crippen molar-refractivity contribution in [3.05, 3.63) is 45.6 Å². The van der Waals surface area contributed by atoms with Crippen molar-refractivity contribution < 1.29 is 17.9 Å². The Bertz CT molecular complexity index is 1050. The number of nitrogens with zero attached hydrogens (tertiary/aromatic N) is 2. The Balaban J connectivity index is 1.38. The highest BCUT2D eigenvalue weighted by Crippen LogP contribution is 2.28. The summed E-state index contributed by atoms with van der Waals surface area (Å²) in [6.45, 7) is 1.81. The molecule has 0 spiro atoms. The van der Waals surface area contributed by atoms with Crippen molar-refractivity contribution >= 4 is 49.9 Å². The van der Waals surface area contributed by atoms with Gasteiger partial charge in [0.05, 0.1) is 24.6 Å². The zero-order chi connectivity index (χ0) is 19.6. The zero-order valence-corrected chi connectivity index (χ0v) is 17.9. The number of aromatic nitrogens is 1. The maximum atomic E-state index is 12.7. The summed E-state index contributed by atoms with van der Waals surface area (Å²) in [5.41, 5.74) is 0.367. The smallest absolute Gasteiger partial charge is 0.271 e. The Morgan fingerprint density at radius 2 is 2.04 bits per heavy atom. The van der Waals surface area contributed by atoms with Gasteiger partial charge in [0.1, 0.15) is 14.9 Å². The summed E-state index contributed by atoms with van der Waals surface area (Å²) in [4.78, 5) is 18.5. The van der Waals surface area contributed by atoms with E-state index in [2.05, 4.69) is 10.3 Å². The molecular weight excluding hydrogens is 438 g/mol. The van der Waals surface area contributed by atoms with Gasteiger partial charge >= 0.3 is 0 Å². The van der Waals surface area contributed by atoms with Crippen LogP contribution in [0.25, 0.3) is 9.88 Å². The van der Waals surface area contributed by atoms with E-state index in [0.717, 1.165) is 14.8 Å². The number of morpholine rings is 1. The lowest BCUT2D eigenvalue weighted by Crippen LogP contribution is -2.40. The Morgan fingerprint density at radius 1 is 1.21 bits per heavy atom. The summed E-state index contributed by atoms with van der Waals surface area (Å²) in [7, 11) is -3.50. The van der Waals surface area contributed by atoms with Crippen LogP contribution < -0.4 is 5.32 Å². The van der Waals surface area contributed by atoms with E-state index in [1.165, 1.54) is 27.0 Å². The first-order valence-corrected chi connectivity index (χ1v) is 12.5. The molecule has 0 aliphatic carbocycles. The number of ether oxygens (including phenoxy) is 1. The Labute approximate surface area is 174 Å². The van der Waals surface area contributed by atoms with Crippen molar-refractivity contribution in [1.29, 1.82) is 0 Å². The monoisotopic (exact) mass is 455 g/mol. The largest absolute Gasteiger partial charge is 0.379 e. The van der Waals surface area contributed by atoms with Crippen LogP contribution in [0.15, 0.2) is 39.2 Å². The standard InChI is InChI=1S/C17H17N3O4S4/c21-16(13-11-26-17(19-13)14-2-1-9-25-14)18-10-12-3-4-15(27-12)28(22,23)20-5-7-24-8-6-20/h1-4,9,11H,5-8,10H2,(H,18,21). The van der Waals surface area contributed by atoms with Crippen molar-refractivity contribution in [1.82, 2.24) is 14.6 Å². The third-order valence-electron chi connectivity index (χ3n) is 4.09. The lowest BCUT2D eigenvalue weighted by Gasteiger charge is -2.25. The van der Waals surface area contributed by atoms with Gasteiger partial charge in [0.25, 0.3) is 15.9 Å². The summed E-state index contributed by atoms with van der Waals surface area (Å²) in [6, 6.07) is 7.23. The van der Waals surface area contributed by atoms with E-state index in [0.29, 0.717) is 32.0 Å². The van der Waals surface area contributed by atoms with Gasteiger partial charge in [-0.1, -0.05) is 6.07 Å². The van der Waals surface area contributed by atoms with Crippen molar-refractivity contribution in [2.45, 2.75) is 10.8 Å². The molecule has 28 heavy (non-hydrogen) atoms. The quantitative estimate of drug-likeness (QED) is 0.617. The van der Waals surface area contributed by atoms with E-state index < -0.39 is 10.0 Å².